The summed E-state index contributed by atoms with van der Waals surface area (Å²) in [5.74, 6) is -0.707. The van der Waals surface area contributed by atoms with E-state index in [9.17, 15) is 9.18 Å². The van der Waals surface area contributed by atoms with Gasteiger partial charge in [0.2, 0.25) is 0 Å². The van der Waals surface area contributed by atoms with Crippen LogP contribution in [0.15, 0.2) is 18.2 Å². The van der Waals surface area contributed by atoms with E-state index in [4.69, 9.17) is 0 Å². The standard InChI is InChI=1S/C16H22FNO/c1-12-7-6-8-13(14(12)17)15(19)18-11-16(2)9-4-3-5-10-16/h6-8H,3-5,9-11H2,1-2H3,(H,18,19). The van der Waals surface area contributed by atoms with Crippen molar-refractivity contribution < 1.29 is 9.18 Å². The SMILES string of the molecule is Cc1cccc(C(=O)NCC2(C)CCCCC2)c1F. The molecule has 0 unspecified atom stereocenters. The minimum absolute atomic E-state index is 0.152. The van der Waals surface area contributed by atoms with Crippen LogP contribution in [0.5, 0.6) is 0 Å². The highest BCUT2D eigenvalue weighted by Crippen LogP contribution is 2.34. The fraction of sp³-hybridized carbons (Fsp3) is 0.562. The molecule has 0 aromatic heterocycles. The van der Waals surface area contributed by atoms with Crippen LogP contribution < -0.4 is 5.32 Å². The summed E-state index contributed by atoms with van der Waals surface area (Å²) in [6.45, 7) is 4.52. The van der Waals surface area contributed by atoms with Gasteiger partial charge in [0.05, 0.1) is 5.56 Å². The van der Waals surface area contributed by atoms with Crippen molar-refractivity contribution >= 4 is 5.91 Å². The second-order valence-corrected chi connectivity index (χ2v) is 5.99. The van der Waals surface area contributed by atoms with Crippen molar-refractivity contribution in [3.05, 3.63) is 35.1 Å². The molecule has 1 fully saturated rings. The third kappa shape index (κ3) is 3.34. The molecule has 1 amide bonds. The highest BCUT2D eigenvalue weighted by atomic mass is 19.1. The van der Waals surface area contributed by atoms with Crippen molar-refractivity contribution in [3.8, 4) is 0 Å². The number of rotatable bonds is 3. The van der Waals surface area contributed by atoms with Gasteiger partial charge in [-0.1, -0.05) is 38.3 Å². The molecule has 0 atom stereocenters. The maximum Gasteiger partial charge on any atom is 0.254 e. The Morgan fingerprint density at radius 2 is 2.00 bits per heavy atom. The zero-order chi connectivity index (χ0) is 13.9. The zero-order valence-electron chi connectivity index (χ0n) is 11.8. The van der Waals surface area contributed by atoms with Crippen LogP contribution in [0, 0.1) is 18.2 Å². The topological polar surface area (TPSA) is 29.1 Å². The summed E-state index contributed by atoms with van der Waals surface area (Å²) in [4.78, 5) is 12.1. The fourth-order valence-electron chi connectivity index (χ4n) is 2.79. The molecule has 1 aliphatic rings. The summed E-state index contributed by atoms with van der Waals surface area (Å²) >= 11 is 0. The maximum absolute atomic E-state index is 13.9. The zero-order valence-corrected chi connectivity index (χ0v) is 11.8. The molecule has 104 valence electrons. The monoisotopic (exact) mass is 263 g/mol. The van der Waals surface area contributed by atoms with Crippen molar-refractivity contribution in [1.29, 1.82) is 0 Å². The Kier molecular flexibility index (Phi) is 4.23. The lowest BCUT2D eigenvalue weighted by atomic mass is 9.76. The molecule has 1 aliphatic carbocycles. The van der Waals surface area contributed by atoms with Crippen LogP contribution in [0.3, 0.4) is 0 Å². The Hall–Kier alpha value is -1.38. The van der Waals surface area contributed by atoms with E-state index >= 15 is 0 Å². The Bertz CT molecular complexity index is 464. The van der Waals surface area contributed by atoms with E-state index < -0.39 is 5.82 Å². The molecule has 2 rings (SSSR count). The first-order valence-corrected chi connectivity index (χ1v) is 7.05. The van der Waals surface area contributed by atoms with E-state index in [-0.39, 0.29) is 16.9 Å². The number of hydrogen-bond donors (Lipinski definition) is 1. The smallest absolute Gasteiger partial charge is 0.254 e. The van der Waals surface area contributed by atoms with Gasteiger partial charge in [0.15, 0.2) is 0 Å². The quantitative estimate of drug-likeness (QED) is 0.882. The molecule has 0 aliphatic heterocycles. The molecule has 0 radical (unpaired) electrons. The molecule has 0 heterocycles. The van der Waals surface area contributed by atoms with E-state index in [0.717, 1.165) is 12.8 Å². The van der Waals surface area contributed by atoms with E-state index in [1.165, 1.54) is 19.3 Å². The molecular formula is C16H22FNO. The number of hydrogen-bond acceptors (Lipinski definition) is 1. The maximum atomic E-state index is 13.9. The second-order valence-electron chi connectivity index (χ2n) is 5.99. The van der Waals surface area contributed by atoms with Gasteiger partial charge in [0, 0.05) is 6.54 Å². The number of carbonyl (C=O) groups excluding carboxylic acids is 1. The van der Waals surface area contributed by atoms with E-state index in [2.05, 4.69) is 12.2 Å². The molecule has 1 saturated carbocycles. The average molecular weight is 263 g/mol. The van der Waals surface area contributed by atoms with Crippen molar-refractivity contribution in [3.63, 3.8) is 0 Å². The van der Waals surface area contributed by atoms with Gasteiger partial charge in [-0.25, -0.2) is 4.39 Å². The van der Waals surface area contributed by atoms with Crippen LogP contribution in [0.4, 0.5) is 4.39 Å². The van der Waals surface area contributed by atoms with Crippen LogP contribution >= 0.6 is 0 Å². The highest BCUT2D eigenvalue weighted by molar-refractivity contribution is 5.94. The van der Waals surface area contributed by atoms with Crippen LogP contribution in [0.1, 0.15) is 54.9 Å². The van der Waals surface area contributed by atoms with Gasteiger partial charge in [-0.05, 0) is 36.8 Å². The van der Waals surface area contributed by atoms with Crippen molar-refractivity contribution in [2.75, 3.05) is 6.54 Å². The minimum Gasteiger partial charge on any atom is -0.351 e. The number of carbonyl (C=O) groups is 1. The van der Waals surface area contributed by atoms with Crippen LogP contribution in [0.2, 0.25) is 0 Å². The van der Waals surface area contributed by atoms with Crippen molar-refractivity contribution in [1.82, 2.24) is 5.32 Å². The van der Waals surface area contributed by atoms with Gasteiger partial charge in [0.1, 0.15) is 5.82 Å². The van der Waals surface area contributed by atoms with Crippen LogP contribution in [-0.2, 0) is 0 Å². The molecule has 1 aromatic carbocycles. The molecule has 3 heteroatoms. The van der Waals surface area contributed by atoms with Gasteiger partial charge < -0.3 is 5.32 Å². The molecule has 1 aromatic rings. The normalized spacial score (nSPS) is 18.1. The van der Waals surface area contributed by atoms with Crippen molar-refractivity contribution in [2.45, 2.75) is 46.0 Å². The Morgan fingerprint density at radius 1 is 1.32 bits per heavy atom. The lowest BCUT2D eigenvalue weighted by Gasteiger charge is -2.33. The van der Waals surface area contributed by atoms with Gasteiger partial charge in [-0.2, -0.15) is 0 Å². The molecule has 0 spiro atoms. The highest BCUT2D eigenvalue weighted by Gasteiger charge is 2.27. The first-order chi connectivity index (χ1) is 9.02. The summed E-state index contributed by atoms with van der Waals surface area (Å²) < 4.78 is 13.9. The number of nitrogens with one attached hydrogen (secondary N) is 1. The first-order valence-electron chi connectivity index (χ1n) is 7.05. The fourth-order valence-corrected chi connectivity index (χ4v) is 2.79. The summed E-state index contributed by atoms with van der Waals surface area (Å²) in [6.07, 6.45) is 6.03. The summed E-state index contributed by atoms with van der Waals surface area (Å²) in [5.41, 5.74) is 0.838. The summed E-state index contributed by atoms with van der Waals surface area (Å²) in [7, 11) is 0. The number of benzene rings is 1. The Labute approximate surface area is 114 Å². The predicted molar refractivity (Wildman–Crippen MR) is 74.7 cm³/mol. The first kappa shape index (κ1) is 14.0. The van der Waals surface area contributed by atoms with Crippen molar-refractivity contribution in [2.24, 2.45) is 5.41 Å². The molecule has 0 saturated heterocycles. The molecule has 19 heavy (non-hydrogen) atoms. The Balaban J connectivity index is 1.99. The number of halogens is 1. The van der Waals surface area contributed by atoms with Gasteiger partial charge in [0.25, 0.3) is 5.91 Å². The number of amides is 1. The molecular weight excluding hydrogens is 241 g/mol. The summed E-state index contributed by atoms with van der Waals surface area (Å²) in [5, 5.41) is 2.90. The summed E-state index contributed by atoms with van der Waals surface area (Å²) in [6, 6.07) is 4.94. The molecule has 0 bridgehead atoms. The third-order valence-electron chi connectivity index (χ3n) is 4.17. The lowest BCUT2D eigenvalue weighted by Crippen LogP contribution is -2.37. The van der Waals surface area contributed by atoms with Gasteiger partial charge >= 0.3 is 0 Å². The lowest BCUT2D eigenvalue weighted by molar-refractivity contribution is 0.0915. The minimum atomic E-state index is -0.409. The second kappa shape index (κ2) is 5.72. The predicted octanol–water partition coefficient (Wildman–Crippen LogP) is 3.83. The van der Waals surface area contributed by atoms with Crippen LogP contribution in [-0.4, -0.2) is 12.5 Å². The number of aryl methyl sites for hydroxylation is 1. The molecule has 2 nitrogen and oxygen atoms in total. The van der Waals surface area contributed by atoms with E-state index in [1.54, 1.807) is 25.1 Å². The van der Waals surface area contributed by atoms with E-state index in [0.29, 0.717) is 12.1 Å². The Morgan fingerprint density at radius 3 is 2.68 bits per heavy atom. The van der Waals surface area contributed by atoms with E-state index in [1.807, 2.05) is 0 Å². The largest absolute Gasteiger partial charge is 0.351 e. The third-order valence-corrected chi connectivity index (χ3v) is 4.17. The molecule has 1 N–H and O–H groups in total. The van der Waals surface area contributed by atoms with Gasteiger partial charge in [-0.3, -0.25) is 4.79 Å². The van der Waals surface area contributed by atoms with Crippen LogP contribution in [0.25, 0.3) is 0 Å². The van der Waals surface area contributed by atoms with Gasteiger partial charge in [-0.15, -0.1) is 0 Å². The average Bonchev–Trinajstić information content (AvgIpc) is 2.40.